The van der Waals surface area contributed by atoms with Gasteiger partial charge < -0.3 is 10.4 Å². The molecule has 0 saturated heterocycles. The Balaban J connectivity index is 1.82. The number of carbonyl (C=O) groups excluding carboxylic acids is 1. The summed E-state index contributed by atoms with van der Waals surface area (Å²) in [4.78, 5) is 23.0. The Morgan fingerprint density at radius 2 is 1.74 bits per heavy atom. The van der Waals surface area contributed by atoms with Gasteiger partial charge in [0.2, 0.25) is 5.91 Å². The smallest absolute Gasteiger partial charge is 0.335 e. The molecule has 1 amide bonds. The van der Waals surface area contributed by atoms with Crippen LogP contribution in [0.5, 0.6) is 0 Å². The predicted molar refractivity (Wildman–Crippen MR) is 89.5 cm³/mol. The Hall–Kier alpha value is -2.62. The van der Waals surface area contributed by atoms with Gasteiger partial charge in [0.15, 0.2) is 0 Å². The Bertz CT molecular complexity index is 667. The van der Waals surface area contributed by atoms with Crippen LogP contribution in [-0.2, 0) is 17.6 Å². The van der Waals surface area contributed by atoms with Crippen LogP contribution in [0.3, 0.4) is 0 Å². The van der Waals surface area contributed by atoms with Crippen molar-refractivity contribution in [1.82, 2.24) is 5.32 Å². The summed E-state index contributed by atoms with van der Waals surface area (Å²) in [7, 11) is 0. The fraction of sp³-hybridized carbons (Fsp3) is 0.263. The normalized spacial score (nSPS) is 11.7. The molecule has 0 bridgehead atoms. The molecule has 0 saturated carbocycles. The molecule has 2 rings (SSSR count). The second kappa shape index (κ2) is 8.13. The molecule has 1 atom stereocenters. The Morgan fingerprint density at radius 1 is 1.04 bits per heavy atom. The van der Waals surface area contributed by atoms with Crippen molar-refractivity contribution in [2.75, 3.05) is 0 Å². The largest absolute Gasteiger partial charge is 0.478 e. The highest BCUT2D eigenvalue weighted by atomic mass is 16.4. The first kappa shape index (κ1) is 16.7. The van der Waals surface area contributed by atoms with E-state index in [1.807, 2.05) is 25.1 Å². The van der Waals surface area contributed by atoms with E-state index >= 15 is 0 Å². The van der Waals surface area contributed by atoms with E-state index in [0.29, 0.717) is 5.56 Å². The highest BCUT2D eigenvalue weighted by Gasteiger charge is 2.10. The second-order valence-corrected chi connectivity index (χ2v) is 5.68. The summed E-state index contributed by atoms with van der Waals surface area (Å²) >= 11 is 0. The second-order valence-electron chi connectivity index (χ2n) is 5.68. The van der Waals surface area contributed by atoms with Crippen LogP contribution in [0.25, 0.3) is 0 Å². The van der Waals surface area contributed by atoms with Crippen molar-refractivity contribution in [3.63, 3.8) is 0 Å². The number of carbonyl (C=O) groups is 2. The highest BCUT2D eigenvalue weighted by molar-refractivity contribution is 5.88. The first-order valence-corrected chi connectivity index (χ1v) is 7.70. The van der Waals surface area contributed by atoms with Gasteiger partial charge in [-0.1, -0.05) is 42.5 Å². The zero-order valence-corrected chi connectivity index (χ0v) is 13.2. The van der Waals surface area contributed by atoms with E-state index < -0.39 is 5.97 Å². The number of nitrogens with one attached hydrogen (secondary N) is 1. The van der Waals surface area contributed by atoms with E-state index in [1.54, 1.807) is 12.1 Å². The van der Waals surface area contributed by atoms with Crippen molar-refractivity contribution in [3.05, 3.63) is 71.3 Å². The molecule has 2 N–H and O–H groups in total. The van der Waals surface area contributed by atoms with Crippen LogP contribution in [-0.4, -0.2) is 23.0 Å². The zero-order chi connectivity index (χ0) is 16.7. The van der Waals surface area contributed by atoms with E-state index in [0.717, 1.165) is 12.8 Å². The molecule has 0 spiro atoms. The van der Waals surface area contributed by atoms with E-state index in [2.05, 4.69) is 17.4 Å². The topological polar surface area (TPSA) is 66.4 Å². The lowest BCUT2D eigenvalue weighted by molar-refractivity contribution is -0.121. The molecule has 2 aromatic rings. The lowest BCUT2D eigenvalue weighted by Crippen LogP contribution is -2.34. The first-order chi connectivity index (χ1) is 11.0. The minimum absolute atomic E-state index is 0.0744. The summed E-state index contributed by atoms with van der Waals surface area (Å²) in [6.07, 6.45) is 1.97. The van der Waals surface area contributed by atoms with Gasteiger partial charge in [0, 0.05) is 6.04 Å². The quantitative estimate of drug-likeness (QED) is 0.826. The number of rotatable bonds is 7. The van der Waals surface area contributed by atoms with Gasteiger partial charge in [-0.05, 0) is 43.0 Å². The molecule has 2 aromatic carbocycles. The molecule has 1 unspecified atom stereocenters. The van der Waals surface area contributed by atoms with Crippen LogP contribution in [0.15, 0.2) is 54.6 Å². The third-order valence-electron chi connectivity index (χ3n) is 3.65. The molecule has 4 heteroatoms. The van der Waals surface area contributed by atoms with Crippen LogP contribution in [0.2, 0.25) is 0 Å². The molecule has 0 heterocycles. The summed E-state index contributed by atoms with van der Waals surface area (Å²) in [6.45, 7) is 1.98. The number of aromatic carboxylic acids is 1. The molecule has 0 aromatic heterocycles. The molecular weight excluding hydrogens is 290 g/mol. The SMILES string of the molecule is CC(CCc1ccccc1)NC(=O)Cc1cccc(C(=O)O)c1. The molecule has 0 radical (unpaired) electrons. The summed E-state index contributed by atoms with van der Waals surface area (Å²) in [6, 6.07) is 16.7. The number of hydrogen-bond donors (Lipinski definition) is 2. The van der Waals surface area contributed by atoms with Crippen molar-refractivity contribution in [1.29, 1.82) is 0 Å². The zero-order valence-electron chi connectivity index (χ0n) is 13.2. The maximum Gasteiger partial charge on any atom is 0.335 e. The molecule has 4 nitrogen and oxygen atoms in total. The Morgan fingerprint density at radius 3 is 2.43 bits per heavy atom. The van der Waals surface area contributed by atoms with Crippen LogP contribution >= 0.6 is 0 Å². The lowest BCUT2D eigenvalue weighted by Gasteiger charge is -2.14. The van der Waals surface area contributed by atoms with Crippen molar-refractivity contribution >= 4 is 11.9 Å². The van der Waals surface area contributed by atoms with Crippen LogP contribution < -0.4 is 5.32 Å². The van der Waals surface area contributed by atoms with Crippen LogP contribution in [0, 0.1) is 0 Å². The Labute approximate surface area is 136 Å². The number of amides is 1. The van der Waals surface area contributed by atoms with Gasteiger partial charge in [0.25, 0.3) is 0 Å². The molecule has 0 aliphatic carbocycles. The van der Waals surface area contributed by atoms with Crippen molar-refractivity contribution in [2.45, 2.75) is 32.2 Å². The molecular formula is C19H21NO3. The molecule has 0 aliphatic rings. The number of benzene rings is 2. The highest BCUT2D eigenvalue weighted by Crippen LogP contribution is 2.08. The van der Waals surface area contributed by atoms with Gasteiger partial charge in [0.1, 0.15) is 0 Å². The third kappa shape index (κ3) is 5.58. The van der Waals surface area contributed by atoms with Gasteiger partial charge in [-0.25, -0.2) is 4.79 Å². The van der Waals surface area contributed by atoms with E-state index in [9.17, 15) is 9.59 Å². The molecule has 0 fully saturated rings. The minimum atomic E-state index is -0.983. The number of hydrogen-bond acceptors (Lipinski definition) is 2. The maximum absolute atomic E-state index is 12.1. The van der Waals surface area contributed by atoms with Gasteiger partial charge in [-0.3, -0.25) is 4.79 Å². The van der Waals surface area contributed by atoms with Crippen molar-refractivity contribution in [2.24, 2.45) is 0 Å². The number of carboxylic acids is 1. The monoisotopic (exact) mass is 311 g/mol. The number of aryl methyl sites for hydroxylation is 1. The molecule has 23 heavy (non-hydrogen) atoms. The van der Waals surface area contributed by atoms with E-state index in [-0.39, 0.29) is 23.9 Å². The van der Waals surface area contributed by atoms with E-state index in [4.69, 9.17) is 5.11 Å². The van der Waals surface area contributed by atoms with Gasteiger partial charge >= 0.3 is 5.97 Å². The van der Waals surface area contributed by atoms with Crippen molar-refractivity contribution < 1.29 is 14.7 Å². The van der Waals surface area contributed by atoms with Crippen LogP contribution in [0.4, 0.5) is 0 Å². The summed E-state index contributed by atoms with van der Waals surface area (Å²) in [5.74, 6) is -1.07. The minimum Gasteiger partial charge on any atom is -0.478 e. The summed E-state index contributed by atoms with van der Waals surface area (Å²) in [5.41, 5.74) is 2.16. The van der Waals surface area contributed by atoms with Crippen LogP contribution in [0.1, 0.15) is 34.8 Å². The predicted octanol–water partition coefficient (Wildman–Crippen LogP) is 3.06. The fourth-order valence-corrected chi connectivity index (χ4v) is 2.43. The first-order valence-electron chi connectivity index (χ1n) is 7.70. The number of carboxylic acid groups (broad SMARTS) is 1. The average Bonchev–Trinajstić information content (AvgIpc) is 2.54. The molecule has 120 valence electrons. The maximum atomic E-state index is 12.1. The summed E-state index contributed by atoms with van der Waals surface area (Å²) in [5, 5.41) is 11.9. The standard InChI is InChI=1S/C19H21NO3/c1-14(10-11-15-6-3-2-4-7-15)20-18(21)13-16-8-5-9-17(12-16)19(22)23/h2-9,12,14H,10-11,13H2,1H3,(H,20,21)(H,22,23). The third-order valence-corrected chi connectivity index (χ3v) is 3.65. The molecule has 0 aliphatic heterocycles. The fourth-order valence-electron chi connectivity index (χ4n) is 2.43. The van der Waals surface area contributed by atoms with Gasteiger partial charge in [0.05, 0.1) is 12.0 Å². The summed E-state index contributed by atoms with van der Waals surface area (Å²) < 4.78 is 0. The Kier molecular flexibility index (Phi) is 5.92. The van der Waals surface area contributed by atoms with Gasteiger partial charge in [-0.15, -0.1) is 0 Å². The van der Waals surface area contributed by atoms with E-state index in [1.165, 1.54) is 17.7 Å². The van der Waals surface area contributed by atoms with Gasteiger partial charge in [-0.2, -0.15) is 0 Å². The lowest BCUT2D eigenvalue weighted by atomic mass is 10.1. The average molecular weight is 311 g/mol. The van der Waals surface area contributed by atoms with Crippen molar-refractivity contribution in [3.8, 4) is 0 Å².